The fraction of sp³-hybridized carbons (Fsp3) is 0.385. The van der Waals surface area contributed by atoms with Crippen molar-refractivity contribution >= 4 is 13.2 Å². The molecule has 1 aromatic rings. The van der Waals surface area contributed by atoms with E-state index in [-0.39, 0.29) is 12.8 Å². The average Bonchev–Trinajstić information content (AvgIpc) is 2.35. The molecule has 0 unspecified atom stereocenters. The number of hydrogen-bond donors (Lipinski definition) is 2. The van der Waals surface area contributed by atoms with Crippen LogP contribution in [0.3, 0.4) is 0 Å². The minimum absolute atomic E-state index is 0.206. The summed E-state index contributed by atoms with van der Waals surface area (Å²) in [6.07, 6.45) is 0.642. The van der Waals surface area contributed by atoms with E-state index in [9.17, 15) is 5.11 Å². The Morgan fingerprint density at radius 2 is 2.33 bits per heavy atom. The van der Waals surface area contributed by atoms with Gasteiger partial charge in [0.25, 0.3) is 7.48 Å². The molecule has 0 aromatic heterocycles. The van der Waals surface area contributed by atoms with Gasteiger partial charge < -0.3 is 20.4 Å². The van der Waals surface area contributed by atoms with Gasteiger partial charge in [-0.3, -0.25) is 0 Å². The molecular weight excluding hydrogens is 227 g/mol. The largest absolute Gasteiger partial charge is 0.427 e. The Kier molecular flexibility index (Phi) is 4.41. The molecule has 3 N–H and O–H groups in total. The third-order valence-corrected chi connectivity index (χ3v) is 3.16. The second-order valence-electron chi connectivity index (χ2n) is 4.53. The normalized spacial score (nSPS) is 15.3. The number of nitrogens with zero attached hydrogens (tertiary/aromatic N) is 1. The van der Waals surface area contributed by atoms with Crippen LogP contribution in [0.4, 0.5) is 0 Å². The third kappa shape index (κ3) is 3.13. The van der Waals surface area contributed by atoms with Crippen LogP contribution in [0.2, 0.25) is 0 Å². The molecule has 1 aromatic carbocycles. The van der Waals surface area contributed by atoms with Crippen LogP contribution in [0.1, 0.15) is 11.1 Å². The lowest BCUT2D eigenvalue weighted by Gasteiger charge is -2.39. The van der Waals surface area contributed by atoms with Crippen LogP contribution in [0.25, 0.3) is 5.70 Å². The van der Waals surface area contributed by atoms with E-state index in [4.69, 9.17) is 10.4 Å². The number of nitrogens with two attached hydrogens (primary N) is 1. The Morgan fingerprint density at radius 3 is 3.00 bits per heavy atom. The fourth-order valence-corrected chi connectivity index (χ4v) is 2.04. The zero-order valence-corrected chi connectivity index (χ0v) is 10.5. The van der Waals surface area contributed by atoms with Crippen LogP contribution >= 0.6 is 0 Å². The van der Waals surface area contributed by atoms with Crippen molar-refractivity contribution in [2.24, 2.45) is 5.73 Å². The van der Waals surface area contributed by atoms with Gasteiger partial charge in [-0.05, 0) is 11.9 Å². The Bertz CT molecular complexity index is 419. The predicted molar refractivity (Wildman–Crippen MR) is 74.0 cm³/mol. The van der Waals surface area contributed by atoms with E-state index in [1.807, 2.05) is 12.1 Å². The minimum atomic E-state index is -0.206. The van der Waals surface area contributed by atoms with Crippen LogP contribution in [-0.4, -0.2) is 43.4 Å². The molecule has 0 atom stereocenters. The van der Waals surface area contributed by atoms with Crippen LogP contribution in [0, 0.1) is 0 Å². The molecule has 0 bridgehead atoms. The highest BCUT2D eigenvalue weighted by atomic mass is 16.4. The predicted octanol–water partition coefficient (Wildman–Crippen LogP) is 0.118. The van der Waals surface area contributed by atoms with Gasteiger partial charge in [0.05, 0.1) is 12.8 Å². The highest BCUT2D eigenvalue weighted by Gasteiger charge is 2.25. The summed E-state index contributed by atoms with van der Waals surface area (Å²) < 4.78 is 5.14. The summed E-state index contributed by atoms with van der Waals surface area (Å²) in [4.78, 5) is 2.08. The maximum atomic E-state index is 9.30. The van der Waals surface area contributed by atoms with Crippen molar-refractivity contribution < 1.29 is 9.76 Å². The summed E-state index contributed by atoms with van der Waals surface area (Å²) in [6.45, 7) is 5.70. The quantitative estimate of drug-likeness (QED) is 0.425. The van der Waals surface area contributed by atoms with Gasteiger partial charge in [-0.25, -0.2) is 0 Å². The molecule has 1 aliphatic heterocycles. The van der Waals surface area contributed by atoms with Gasteiger partial charge in [-0.15, -0.1) is 0 Å². The van der Waals surface area contributed by atoms with Gasteiger partial charge in [-0.1, -0.05) is 36.4 Å². The molecule has 0 aliphatic carbocycles. The first-order chi connectivity index (χ1) is 8.70. The minimum Gasteiger partial charge on any atom is -0.427 e. The fourth-order valence-electron chi connectivity index (χ4n) is 2.04. The summed E-state index contributed by atoms with van der Waals surface area (Å²) in [6, 6.07) is 8.25. The smallest absolute Gasteiger partial charge is 0.281 e. The summed E-state index contributed by atoms with van der Waals surface area (Å²) in [7, 11) is 0.634. The van der Waals surface area contributed by atoms with E-state index in [1.165, 1.54) is 5.56 Å². The molecule has 18 heavy (non-hydrogen) atoms. The summed E-state index contributed by atoms with van der Waals surface area (Å²) in [5.41, 5.74) is 8.57. The van der Waals surface area contributed by atoms with Crippen LogP contribution in [-0.2, 0) is 11.0 Å². The van der Waals surface area contributed by atoms with Crippen molar-refractivity contribution in [3.8, 4) is 0 Å². The van der Waals surface area contributed by atoms with Gasteiger partial charge in [0, 0.05) is 18.8 Å². The average molecular weight is 246 g/mol. The highest BCUT2D eigenvalue weighted by Crippen LogP contribution is 2.23. The Labute approximate surface area is 108 Å². The van der Waals surface area contributed by atoms with Crippen molar-refractivity contribution in [2.45, 2.75) is 12.4 Å². The molecular formula is C13H19BN2O2. The van der Waals surface area contributed by atoms with Crippen molar-refractivity contribution in [1.29, 1.82) is 0 Å². The number of rotatable bonds is 6. The monoisotopic (exact) mass is 246 g/mol. The van der Waals surface area contributed by atoms with E-state index in [2.05, 4.69) is 23.6 Å². The first-order valence-electron chi connectivity index (χ1n) is 6.19. The van der Waals surface area contributed by atoms with Crippen molar-refractivity contribution in [1.82, 2.24) is 4.90 Å². The maximum absolute atomic E-state index is 9.30. The molecule has 1 fully saturated rings. The van der Waals surface area contributed by atoms with Crippen molar-refractivity contribution in [2.75, 3.05) is 19.8 Å². The van der Waals surface area contributed by atoms with Crippen LogP contribution in [0.15, 0.2) is 30.8 Å². The van der Waals surface area contributed by atoms with Crippen LogP contribution in [0.5, 0.6) is 0 Å². The number of likely N-dealkylation sites (tertiary alicyclic amines) is 1. The zero-order chi connectivity index (χ0) is 13.0. The molecule has 0 saturated carbocycles. The molecule has 0 amide bonds. The molecule has 96 valence electrons. The lowest BCUT2D eigenvalue weighted by Crippen LogP contribution is -2.48. The van der Waals surface area contributed by atoms with E-state index in [0.29, 0.717) is 20.6 Å². The molecule has 2 rings (SSSR count). The molecule has 0 radical (unpaired) electrons. The molecule has 1 aliphatic rings. The second-order valence-corrected chi connectivity index (χ2v) is 4.53. The lowest BCUT2D eigenvalue weighted by atomic mass is 9.88. The van der Waals surface area contributed by atoms with Gasteiger partial charge in [-0.2, -0.15) is 0 Å². The Morgan fingerprint density at radius 1 is 1.56 bits per heavy atom. The van der Waals surface area contributed by atoms with Crippen LogP contribution < -0.4 is 5.73 Å². The molecule has 0 spiro atoms. The third-order valence-electron chi connectivity index (χ3n) is 3.16. The van der Waals surface area contributed by atoms with E-state index in [1.54, 1.807) is 0 Å². The number of aliphatic hydroxyl groups is 1. The van der Waals surface area contributed by atoms with E-state index >= 15 is 0 Å². The number of aliphatic hydroxyl groups excluding tert-OH is 1. The first kappa shape index (κ1) is 13.1. The lowest BCUT2D eigenvalue weighted by molar-refractivity contribution is 0.0404. The number of benzene rings is 1. The van der Waals surface area contributed by atoms with Crippen molar-refractivity contribution in [3.05, 3.63) is 42.0 Å². The zero-order valence-electron chi connectivity index (χ0n) is 10.5. The Balaban J connectivity index is 1.96. The molecule has 1 heterocycles. The summed E-state index contributed by atoms with van der Waals surface area (Å²) in [5, 5.41) is 9.30. The molecule has 4 nitrogen and oxygen atoms in total. The maximum Gasteiger partial charge on any atom is 0.281 e. The standard InChI is InChI=1S/C13H19BN2O2/c1-10(16-7-13(17)8-16)12-4-2-3-11(5-12)6-14-18-9-15/h2-5,13-14,17H,1,6-9,15H2. The highest BCUT2D eigenvalue weighted by molar-refractivity contribution is 6.26. The first-order valence-corrected chi connectivity index (χ1v) is 6.19. The summed E-state index contributed by atoms with van der Waals surface area (Å²) >= 11 is 0. The van der Waals surface area contributed by atoms with Gasteiger partial charge in [0.1, 0.15) is 0 Å². The van der Waals surface area contributed by atoms with E-state index < -0.39 is 0 Å². The van der Waals surface area contributed by atoms with Gasteiger partial charge in [0.15, 0.2) is 0 Å². The topological polar surface area (TPSA) is 58.7 Å². The molecule has 5 heteroatoms. The second kappa shape index (κ2) is 6.04. The van der Waals surface area contributed by atoms with Crippen molar-refractivity contribution in [3.63, 3.8) is 0 Å². The molecule has 1 saturated heterocycles. The van der Waals surface area contributed by atoms with E-state index in [0.717, 1.165) is 17.6 Å². The van der Waals surface area contributed by atoms with Gasteiger partial charge in [0.2, 0.25) is 0 Å². The summed E-state index contributed by atoms with van der Waals surface area (Å²) in [5.74, 6) is 0. The number of hydrogen-bond acceptors (Lipinski definition) is 4. The Hall–Kier alpha value is -1.30. The van der Waals surface area contributed by atoms with Gasteiger partial charge >= 0.3 is 0 Å². The number of β-amino-alcohol motifs (C(OH)–C–C–N with tert-alkyl or cyclic N) is 1. The SMILES string of the molecule is C=C(c1cccc(CBOCN)c1)N1CC(O)C1.